The number of esters is 1. The van der Waals surface area contributed by atoms with Crippen LogP contribution in [-0.4, -0.2) is 67.9 Å². The van der Waals surface area contributed by atoms with Crippen LogP contribution in [0.1, 0.15) is 48.0 Å². The van der Waals surface area contributed by atoms with Gasteiger partial charge in [0.1, 0.15) is 12.4 Å². The molecule has 0 N–H and O–H groups in total. The number of imidazole rings is 1. The SMILES string of the molecule is COC(=O)Cc1cc2c(COc3cccc(C4CCN(Cc5nc6ccccc6n5C[C@@H]5CCO5)CC4)n3)cccn2n1. The van der Waals surface area contributed by atoms with E-state index in [1.54, 1.807) is 4.52 Å². The first-order chi connectivity index (χ1) is 21.1. The minimum absolute atomic E-state index is 0.135. The molecule has 6 heterocycles. The van der Waals surface area contributed by atoms with E-state index in [4.69, 9.17) is 24.2 Å². The van der Waals surface area contributed by atoms with Crippen molar-refractivity contribution in [3.8, 4) is 5.88 Å². The monoisotopic (exact) mass is 580 g/mol. The number of aromatic nitrogens is 5. The Morgan fingerprint density at radius 1 is 1.00 bits per heavy atom. The molecule has 2 aliphatic rings. The van der Waals surface area contributed by atoms with Crippen molar-refractivity contribution in [2.45, 2.75) is 57.4 Å². The van der Waals surface area contributed by atoms with Gasteiger partial charge in [-0.3, -0.25) is 9.69 Å². The molecule has 0 bridgehead atoms. The van der Waals surface area contributed by atoms with Crippen molar-refractivity contribution >= 4 is 22.5 Å². The molecule has 0 spiro atoms. The van der Waals surface area contributed by atoms with Gasteiger partial charge in [0.2, 0.25) is 5.88 Å². The van der Waals surface area contributed by atoms with Crippen LogP contribution in [0, 0.1) is 0 Å². The summed E-state index contributed by atoms with van der Waals surface area (Å²) in [6, 6.07) is 20.3. The quantitative estimate of drug-likeness (QED) is 0.222. The lowest BCUT2D eigenvalue weighted by molar-refractivity contribution is -0.139. The van der Waals surface area contributed by atoms with Gasteiger partial charge in [-0.25, -0.2) is 14.5 Å². The summed E-state index contributed by atoms with van der Waals surface area (Å²) in [4.78, 5) is 24.1. The zero-order chi connectivity index (χ0) is 29.2. The van der Waals surface area contributed by atoms with Gasteiger partial charge in [-0.05, 0) is 62.7 Å². The highest BCUT2D eigenvalue weighted by atomic mass is 16.5. The summed E-state index contributed by atoms with van der Waals surface area (Å²) in [5, 5.41) is 4.49. The lowest BCUT2D eigenvalue weighted by atomic mass is 9.93. The molecule has 0 saturated carbocycles. The Morgan fingerprint density at radius 2 is 1.86 bits per heavy atom. The predicted octanol–water partition coefficient (Wildman–Crippen LogP) is 4.54. The first-order valence-corrected chi connectivity index (χ1v) is 15.0. The summed E-state index contributed by atoms with van der Waals surface area (Å²) < 4.78 is 20.8. The molecular weight excluding hydrogens is 544 g/mol. The van der Waals surface area contributed by atoms with Crippen LogP contribution < -0.4 is 4.74 Å². The predicted molar refractivity (Wildman–Crippen MR) is 161 cm³/mol. The second-order valence-electron chi connectivity index (χ2n) is 11.4. The molecule has 10 heteroatoms. The third-order valence-electron chi connectivity index (χ3n) is 8.60. The average molecular weight is 581 g/mol. The highest BCUT2D eigenvalue weighted by molar-refractivity contribution is 5.76. The molecule has 0 amide bonds. The van der Waals surface area contributed by atoms with Crippen molar-refractivity contribution < 1.29 is 19.0 Å². The van der Waals surface area contributed by atoms with Gasteiger partial charge in [0.05, 0.1) is 55.0 Å². The average Bonchev–Trinajstić information content (AvgIpc) is 3.58. The van der Waals surface area contributed by atoms with Crippen molar-refractivity contribution in [1.29, 1.82) is 0 Å². The molecule has 7 rings (SSSR count). The first kappa shape index (κ1) is 27.5. The van der Waals surface area contributed by atoms with E-state index >= 15 is 0 Å². The third-order valence-corrected chi connectivity index (χ3v) is 8.60. The number of para-hydroxylation sites is 2. The summed E-state index contributed by atoms with van der Waals surface area (Å²) >= 11 is 0. The number of carbonyl (C=O) groups is 1. The molecule has 43 heavy (non-hydrogen) atoms. The maximum absolute atomic E-state index is 11.7. The first-order valence-electron chi connectivity index (χ1n) is 15.0. The van der Waals surface area contributed by atoms with Gasteiger partial charge in [-0.2, -0.15) is 5.10 Å². The summed E-state index contributed by atoms with van der Waals surface area (Å²) in [7, 11) is 1.38. The number of rotatable bonds is 10. The summed E-state index contributed by atoms with van der Waals surface area (Å²) in [6.07, 6.45) is 5.49. The van der Waals surface area contributed by atoms with E-state index in [2.05, 4.69) is 44.9 Å². The molecule has 2 fully saturated rings. The normalized spacial score (nSPS) is 17.7. The molecule has 0 aliphatic carbocycles. The molecule has 10 nitrogen and oxygen atoms in total. The van der Waals surface area contributed by atoms with E-state index in [1.165, 1.54) is 12.6 Å². The van der Waals surface area contributed by atoms with Gasteiger partial charge in [0, 0.05) is 36.0 Å². The number of likely N-dealkylation sites (tertiary alicyclic amines) is 1. The van der Waals surface area contributed by atoms with Crippen LogP contribution in [0.25, 0.3) is 16.6 Å². The number of benzene rings is 1. The fourth-order valence-electron chi connectivity index (χ4n) is 6.11. The largest absolute Gasteiger partial charge is 0.473 e. The van der Waals surface area contributed by atoms with Gasteiger partial charge in [-0.1, -0.05) is 24.3 Å². The topological polar surface area (TPSA) is 96.0 Å². The number of fused-ring (bicyclic) bond motifs is 2. The van der Waals surface area contributed by atoms with Crippen LogP contribution >= 0.6 is 0 Å². The van der Waals surface area contributed by atoms with E-state index < -0.39 is 0 Å². The second kappa shape index (κ2) is 12.1. The molecule has 4 aromatic heterocycles. The summed E-state index contributed by atoms with van der Waals surface area (Å²) in [6.45, 7) is 4.92. The molecule has 1 atom stereocenters. The molecular formula is C33H36N6O4. The number of pyridine rings is 2. The van der Waals surface area contributed by atoms with Gasteiger partial charge >= 0.3 is 5.97 Å². The van der Waals surface area contributed by atoms with Crippen LogP contribution in [0.2, 0.25) is 0 Å². The van der Waals surface area contributed by atoms with Gasteiger partial charge in [0.25, 0.3) is 0 Å². The minimum atomic E-state index is -0.313. The van der Waals surface area contributed by atoms with Gasteiger partial charge in [-0.15, -0.1) is 0 Å². The molecule has 1 aromatic carbocycles. The highest BCUT2D eigenvalue weighted by Crippen LogP contribution is 2.30. The number of hydrogen-bond donors (Lipinski definition) is 0. The number of nitrogens with zero attached hydrogens (tertiary/aromatic N) is 6. The van der Waals surface area contributed by atoms with Gasteiger partial charge < -0.3 is 18.8 Å². The van der Waals surface area contributed by atoms with Crippen molar-refractivity contribution in [1.82, 2.24) is 29.0 Å². The Kier molecular flexibility index (Phi) is 7.78. The van der Waals surface area contributed by atoms with E-state index in [0.29, 0.717) is 30.2 Å². The molecule has 2 saturated heterocycles. The zero-order valence-electron chi connectivity index (χ0n) is 24.4. The zero-order valence-corrected chi connectivity index (χ0v) is 24.4. The van der Waals surface area contributed by atoms with Crippen LogP contribution in [0.5, 0.6) is 5.88 Å². The number of hydrogen-bond acceptors (Lipinski definition) is 8. The van der Waals surface area contributed by atoms with Crippen molar-refractivity contribution in [3.63, 3.8) is 0 Å². The fourth-order valence-corrected chi connectivity index (χ4v) is 6.11. The molecule has 2 aliphatic heterocycles. The highest BCUT2D eigenvalue weighted by Gasteiger charge is 2.26. The van der Waals surface area contributed by atoms with Crippen molar-refractivity contribution in [2.75, 3.05) is 26.8 Å². The lowest BCUT2D eigenvalue weighted by Gasteiger charge is -2.32. The maximum Gasteiger partial charge on any atom is 0.311 e. The summed E-state index contributed by atoms with van der Waals surface area (Å²) in [5.74, 6) is 1.81. The Balaban J connectivity index is 0.979. The van der Waals surface area contributed by atoms with E-state index in [-0.39, 0.29) is 12.4 Å². The Labute approximate surface area is 250 Å². The molecule has 5 aromatic rings. The van der Waals surface area contributed by atoms with E-state index in [0.717, 1.165) is 80.2 Å². The minimum Gasteiger partial charge on any atom is -0.473 e. The number of carbonyl (C=O) groups excluding carboxylic acids is 1. The second-order valence-corrected chi connectivity index (χ2v) is 11.4. The number of ether oxygens (including phenoxy) is 3. The summed E-state index contributed by atoms with van der Waals surface area (Å²) in [5.41, 5.74) is 5.86. The third kappa shape index (κ3) is 5.98. The Morgan fingerprint density at radius 3 is 2.67 bits per heavy atom. The van der Waals surface area contributed by atoms with Crippen molar-refractivity contribution in [2.24, 2.45) is 0 Å². The van der Waals surface area contributed by atoms with E-state index in [1.807, 2.05) is 36.5 Å². The number of methoxy groups -OCH3 is 1. The van der Waals surface area contributed by atoms with Crippen LogP contribution in [-0.2, 0) is 40.4 Å². The molecule has 222 valence electrons. The smallest absolute Gasteiger partial charge is 0.311 e. The Hall–Kier alpha value is -4.28. The van der Waals surface area contributed by atoms with Crippen molar-refractivity contribution in [3.05, 3.63) is 89.6 Å². The molecule has 0 radical (unpaired) electrons. The van der Waals surface area contributed by atoms with Crippen LogP contribution in [0.15, 0.2) is 66.9 Å². The van der Waals surface area contributed by atoms with Crippen LogP contribution in [0.3, 0.4) is 0 Å². The maximum atomic E-state index is 11.7. The lowest BCUT2D eigenvalue weighted by Crippen LogP contribution is -2.35. The van der Waals surface area contributed by atoms with Gasteiger partial charge in [0.15, 0.2) is 0 Å². The Bertz CT molecular complexity index is 1730. The van der Waals surface area contributed by atoms with Crippen LogP contribution in [0.4, 0.5) is 0 Å². The number of piperidine rings is 1. The van der Waals surface area contributed by atoms with E-state index in [9.17, 15) is 4.79 Å². The molecule has 0 unspecified atom stereocenters. The fraction of sp³-hybridized carbons (Fsp3) is 0.394. The standard InChI is InChI=1S/C33H36N6O4/c1-41-33(40)19-25-18-30-24(6-5-14-39(30)36-25)22-43-32-10-4-8-27(35-32)23-11-15-37(16-12-23)21-31-34-28-7-2-3-9-29(28)38(31)20-26-13-17-42-26/h2-10,14,18,23,26H,11-13,15-17,19-22H2,1H3/t26-/m0/s1.